The number of carbonyl (C=O) groups is 1. The second-order valence-corrected chi connectivity index (χ2v) is 4.64. The highest BCUT2D eigenvalue weighted by molar-refractivity contribution is 5.79. The fourth-order valence-corrected chi connectivity index (χ4v) is 1.91. The molecule has 0 aromatic heterocycles. The predicted octanol–water partition coefficient (Wildman–Crippen LogP) is 2.32. The van der Waals surface area contributed by atoms with Crippen LogP contribution in [0.1, 0.15) is 31.9 Å². The number of ether oxygens (including phenoxy) is 1. The smallest absolute Gasteiger partial charge is 0.340 e. The average molecular weight is 252 g/mol. The second kappa shape index (κ2) is 5.40. The lowest BCUT2D eigenvalue weighted by atomic mass is 9.83. The third-order valence-corrected chi connectivity index (χ3v) is 3.08. The molecule has 0 aliphatic heterocycles. The van der Waals surface area contributed by atoms with E-state index < -0.39 is 17.5 Å². The Bertz CT molecular complexity index is 439. The Morgan fingerprint density at radius 1 is 1.44 bits per heavy atom. The maximum Gasteiger partial charge on any atom is 0.340 e. The Balaban J connectivity index is 3.24. The number of aliphatic carboxylic acids is 1. The molecule has 1 atom stereocenters. The molecule has 18 heavy (non-hydrogen) atoms. The summed E-state index contributed by atoms with van der Waals surface area (Å²) in [4.78, 5) is 11.3. The predicted molar refractivity (Wildman–Crippen MR) is 68.7 cm³/mol. The molecule has 0 aliphatic carbocycles. The Labute approximate surface area is 107 Å². The number of aliphatic hydroxyl groups is 1. The molecular weight excluding hydrogens is 232 g/mol. The van der Waals surface area contributed by atoms with Crippen molar-refractivity contribution in [2.45, 2.75) is 33.3 Å². The van der Waals surface area contributed by atoms with E-state index in [0.29, 0.717) is 17.9 Å². The fraction of sp³-hybridized carbons (Fsp3) is 0.500. The van der Waals surface area contributed by atoms with Gasteiger partial charge >= 0.3 is 5.97 Å². The van der Waals surface area contributed by atoms with E-state index in [0.717, 1.165) is 5.56 Å². The largest absolute Gasteiger partial charge is 0.494 e. The van der Waals surface area contributed by atoms with E-state index in [1.165, 1.54) is 0 Å². The third-order valence-electron chi connectivity index (χ3n) is 3.08. The van der Waals surface area contributed by atoms with Gasteiger partial charge in [-0.3, -0.25) is 0 Å². The van der Waals surface area contributed by atoms with Crippen LogP contribution >= 0.6 is 0 Å². The summed E-state index contributed by atoms with van der Waals surface area (Å²) in [5.41, 5.74) is -0.671. The third kappa shape index (κ3) is 2.48. The summed E-state index contributed by atoms with van der Waals surface area (Å²) in [5, 5.41) is 19.6. The number of benzene rings is 1. The van der Waals surface area contributed by atoms with E-state index >= 15 is 0 Å². The lowest BCUT2D eigenvalue weighted by Crippen LogP contribution is -2.40. The zero-order valence-electron chi connectivity index (χ0n) is 11.2. The molecule has 1 unspecified atom stereocenters. The van der Waals surface area contributed by atoms with Crippen molar-refractivity contribution in [3.63, 3.8) is 0 Å². The van der Waals surface area contributed by atoms with Crippen molar-refractivity contribution in [2.24, 2.45) is 5.92 Å². The first-order valence-electron chi connectivity index (χ1n) is 6.03. The van der Waals surface area contributed by atoms with E-state index in [1.807, 2.05) is 13.8 Å². The number of hydrogen-bond acceptors (Lipinski definition) is 3. The molecule has 0 amide bonds. The van der Waals surface area contributed by atoms with Gasteiger partial charge in [0, 0.05) is 0 Å². The normalized spacial score (nSPS) is 14.3. The molecule has 100 valence electrons. The summed E-state index contributed by atoms with van der Waals surface area (Å²) in [6, 6.07) is 4.97. The molecule has 1 aromatic rings. The average Bonchev–Trinajstić information content (AvgIpc) is 2.30. The van der Waals surface area contributed by atoms with Gasteiger partial charge in [-0.15, -0.1) is 0 Å². The number of aryl methyl sites for hydroxylation is 1. The van der Waals surface area contributed by atoms with Gasteiger partial charge in [-0.05, 0) is 43.0 Å². The second-order valence-electron chi connectivity index (χ2n) is 4.64. The Morgan fingerprint density at radius 3 is 2.44 bits per heavy atom. The summed E-state index contributed by atoms with van der Waals surface area (Å²) in [5.74, 6) is -0.953. The topological polar surface area (TPSA) is 66.8 Å². The van der Waals surface area contributed by atoms with Gasteiger partial charge in [-0.25, -0.2) is 4.79 Å². The number of carboxylic acid groups (broad SMARTS) is 1. The Kier molecular flexibility index (Phi) is 4.35. The highest BCUT2D eigenvalue weighted by atomic mass is 16.5. The SMILES string of the molecule is CCOc1ccc(C(O)(C(=O)O)C(C)C)cc1C. The van der Waals surface area contributed by atoms with Crippen LogP contribution in [-0.2, 0) is 10.4 Å². The van der Waals surface area contributed by atoms with Gasteiger partial charge < -0.3 is 14.9 Å². The monoisotopic (exact) mass is 252 g/mol. The summed E-state index contributed by atoms with van der Waals surface area (Å²) >= 11 is 0. The summed E-state index contributed by atoms with van der Waals surface area (Å²) in [6.07, 6.45) is 0. The quantitative estimate of drug-likeness (QED) is 0.844. The lowest BCUT2D eigenvalue weighted by Gasteiger charge is -2.28. The van der Waals surface area contributed by atoms with Gasteiger partial charge in [0.15, 0.2) is 5.60 Å². The van der Waals surface area contributed by atoms with Crippen LogP contribution in [0.4, 0.5) is 0 Å². The van der Waals surface area contributed by atoms with Crippen molar-refractivity contribution in [2.75, 3.05) is 6.61 Å². The van der Waals surface area contributed by atoms with Crippen LogP contribution in [0.25, 0.3) is 0 Å². The fourth-order valence-electron chi connectivity index (χ4n) is 1.91. The van der Waals surface area contributed by atoms with Crippen molar-refractivity contribution in [3.8, 4) is 5.75 Å². The molecule has 0 heterocycles. The lowest BCUT2D eigenvalue weighted by molar-refractivity contribution is -0.165. The minimum atomic E-state index is -1.87. The first kappa shape index (κ1) is 14.5. The molecule has 0 radical (unpaired) electrons. The van der Waals surface area contributed by atoms with Gasteiger partial charge in [0.05, 0.1) is 6.61 Å². The molecule has 1 aromatic carbocycles. The van der Waals surface area contributed by atoms with Gasteiger partial charge in [-0.1, -0.05) is 19.9 Å². The minimum absolute atomic E-state index is 0.381. The summed E-state index contributed by atoms with van der Waals surface area (Å²) in [6.45, 7) is 7.62. The molecule has 0 aliphatic rings. The van der Waals surface area contributed by atoms with E-state index in [4.69, 9.17) is 4.74 Å². The highest BCUT2D eigenvalue weighted by Crippen LogP contribution is 2.32. The van der Waals surface area contributed by atoms with Crippen LogP contribution in [-0.4, -0.2) is 22.8 Å². The van der Waals surface area contributed by atoms with Gasteiger partial charge in [-0.2, -0.15) is 0 Å². The van der Waals surface area contributed by atoms with Gasteiger partial charge in [0.1, 0.15) is 5.75 Å². The molecule has 0 spiro atoms. The first-order chi connectivity index (χ1) is 8.33. The zero-order valence-corrected chi connectivity index (χ0v) is 11.2. The maximum atomic E-state index is 11.3. The first-order valence-corrected chi connectivity index (χ1v) is 6.03. The van der Waals surface area contributed by atoms with Gasteiger partial charge in [0.25, 0.3) is 0 Å². The standard InChI is InChI=1S/C14H20O4/c1-5-18-12-7-6-11(8-10(12)4)14(17,9(2)3)13(15)16/h6-9,17H,5H2,1-4H3,(H,15,16). The summed E-state index contributed by atoms with van der Waals surface area (Å²) < 4.78 is 5.40. The molecule has 4 heteroatoms. The zero-order chi connectivity index (χ0) is 13.9. The molecule has 0 saturated heterocycles. The number of rotatable bonds is 5. The van der Waals surface area contributed by atoms with Crippen molar-refractivity contribution < 1.29 is 19.7 Å². The molecule has 0 saturated carbocycles. The molecule has 0 bridgehead atoms. The van der Waals surface area contributed by atoms with Crippen LogP contribution in [0, 0.1) is 12.8 Å². The van der Waals surface area contributed by atoms with Crippen LogP contribution in [0.2, 0.25) is 0 Å². The van der Waals surface area contributed by atoms with E-state index in [2.05, 4.69) is 0 Å². The molecular formula is C14H20O4. The number of hydrogen-bond donors (Lipinski definition) is 2. The van der Waals surface area contributed by atoms with Crippen molar-refractivity contribution >= 4 is 5.97 Å². The van der Waals surface area contributed by atoms with Gasteiger partial charge in [0.2, 0.25) is 0 Å². The van der Waals surface area contributed by atoms with Crippen molar-refractivity contribution in [1.29, 1.82) is 0 Å². The van der Waals surface area contributed by atoms with Crippen molar-refractivity contribution in [1.82, 2.24) is 0 Å². The van der Waals surface area contributed by atoms with E-state index in [9.17, 15) is 15.0 Å². The molecule has 1 rings (SSSR count). The maximum absolute atomic E-state index is 11.3. The van der Waals surface area contributed by atoms with Crippen LogP contribution in [0.5, 0.6) is 5.75 Å². The van der Waals surface area contributed by atoms with Crippen LogP contribution in [0.3, 0.4) is 0 Å². The Morgan fingerprint density at radius 2 is 2.06 bits per heavy atom. The summed E-state index contributed by atoms with van der Waals surface area (Å²) in [7, 11) is 0. The van der Waals surface area contributed by atoms with Crippen LogP contribution in [0.15, 0.2) is 18.2 Å². The van der Waals surface area contributed by atoms with Crippen LogP contribution < -0.4 is 4.74 Å². The number of carboxylic acids is 1. The molecule has 0 fully saturated rings. The Hall–Kier alpha value is -1.55. The minimum Gasteiger partial charge on any atom is -0.494 e. The van der Waals surface area contributed by atoms with E-state index in [-0.39, 0.29) is 0 Å². The highest BCUT2D eigenvalue weighted by Gasteiger charge is 2.41. The molecule has 4 nitrogen and oxygen atoms in total. The van der Waals surface area contributed by atoms with E-state index in [1.54, 1.807) is 32.0 Å². The molecule has 2 N–H and O–H groups in total. The van der Waals surface area contributed by atoms with Crippen molar-refractivity contribution in [3.05, 3.63) is 29.3 Å².